The molecule has 1 N–H and O–H groups in total. The Hall–Kier alpha value is -3.92. The van der Waals surface area contributed by atoms with Crippen molar-refractivity contribution in [1.29, 1.82) is 0 Å². The molecule has 41 heavy (non-hydrogen) atoms. The van der Waals surface area contributed by atoms with E-state index >= 15 is 0 Å². The van der Waals surface area contributed by atoms with Crippen LogP contribution in [0.2, 0.25) is 0 Å². The lowest BCUT2D eigenvalue weighted by molar-refractivity contribution is -0.140. The lowest BCUT2D eigenvalue weighted by Gasteiger charge is -2.33. The van der Waals surface area contributed by atoms with Gasteiger partial charge in [-0.15, -0.1) is 0 Å². The minimum Gasteiger partial charge on any atom is -0.497 e. The predicted octanol–water partition coefficient (Wildman–Crippen LogP) is 4.92. The van der Waals surface area contributed by atoms with Crippen molar-refractivity contribution in [2.75, 3.05) is 24.5 Å². The molecule has 0 aliphatic heterocycles. The average molecular weight is 584 g/mol. The first kappa shape index (κ1) is 31.6. The lowest BCUT2D eigenvalue weighted by atomic mass is 10.1. The smallest absolute Gasteiger partial charge is 0.264 e. The third-order valence-corrected chi connectivity index (χ3v) is 8.35. The molecule has 1 atom stereocenters. The zero-order valence-electron chi connectivity index (χ0n) is 24.1. The van der Waals surface area contributed by atoms with Gasteiger partial charge >= 0.3 is 0 Å². The van der Waals surface area contributed by atoms with Crippen LogP contribution in [0.25, 0.3) is 0 Å². The summed E-state index contributed by atoms with van der Waals surface area (Å²) in [6.07, 6.45) is 0.314. The summed E-state index contributed by atoms with van der Waals surface area (Å²) in [4.78, 5) is 28.6. The van der Waals surface area contributed by atoms with Crippen LogP contribution in [-0.2, 0) is 26.2 Å². The van der Waals surface area contributed by atoms with E-state index in [4.69, 9.17) is 4.74 Å². The molecule has 0 saturated heterocycles. The molecule has 0 aliphatic carbocycles. The van der Waals surface area contributed by atoms with E-state index in [0.29, 0.717) is 18.7 Å². The summed E-state index contributed by atoms with van der Waals surface area (Å²) >= 11 is 0. The fourth-order valence-corrected chi connectivity index (χ4v) is 5.70. The Kier molecular flexibility index (Phi) is 10.9. The summed E-state index contributed by atoms with van der Waals surface area (Å²) in [5.41, 5.74) is 1.90. The van der Waals surface area contributed by atoms with E-state index in [1.165, 1.54) is 24.1 Å². The van der Waals surface area contributed by atoms with Gasteiger partial charge in [-0.2, -0.15) is 0 Å². The van der Waals surface area contributed by atoms with Crippen LogP contribution in [0.4, 0.5) is 10.1 Å². The van der Waals surface area contributed by atoms with E-state index in [9.17, 15) is 22.4 Å². The van der Waals surface area contributed by atoms with Crippen molar-refractivity contribution in [3.8, 4) is 5.75 Å². The van der Waals surface area contributed by atoms with Crippen molar-refractivity contribution in [2.45, 2.75) is 51.6 Å². The van der Waals surface area contributed by atoms with Gasteiger partial charge in [-0.05, 0) is 73.4 Å². The minimum absolute atomic E-state index is 0.0575. The number of nitrogens with one attached hydrogen (secondary N) is 1. The van der Waals surface area contributed by atoms with Crippen LogP contribution < -0.4 is 14.4 Å². The molecule has 220 valence electrons. The second-order valence-electron chi connectivity index (χ2n) is 10.2. The van der Waals surface area contributed by atoms with Crippen LogP contribution in [0.5, 0.6) is 5.75 Å². The number of carbonyl (C=O) groups excluding carboxylic acids is 2. The fourth-order valence-electron chi connectivity index (χ4n) is 4.28. The molecule has 10 heteroatoms. The molecule has 0 unspecified atom stereocenters. The largest absolute Gasteiger partial charge is 0.497 e. The summed E-state index contributed by atoms with van der Waals surface area (Å²) in [5.74, 6) is -0.667. The predicted molar refractivity (Wildman–Crippen MR) is 158 cm³/mol. The second-order valence-corrected chi connectivity index (χ2v) is 12.1. The summed E-state index contributed by atoms with van der Waals surface area (Å²) < 4.78 is 47.6. The third-order valence-electron chi connectivity index (χ3n) is 6.56. The average Bonchev–Trinajstić information content (AvgIpc) is 2.95. The number of hydrogen-bond acceptors (Lipinski definition) is 5. The van der Waals surface area contributed by atoms with Gasteiger partial charge < -0.3 is 15.0 Å². The standard InChI is InChI=1S/C31H38FN3O5S/c1-6-29(31(37)33-19-22(2)3)34(20-24-8-7-9-27(18-24)40-5)30(36)21-35(26-14-10-23(4)11-15-26)41(38,39)28-16-12-25(32)13-17-28/h7-18,22,29H,6,19-21H2,1-5H3,(H,33,37)/t29-/m1/s1. The van der Waals surface area contributed by atoms with Gasteiger partial charge in [-0.3, -0.25) is 13.9 Å². The maximum Gasteiger partial charge on any atom is 0.264 e. The quantitative estimate of drug-likeness (QED) is 0.308. The maximum atomic E-state index is 14.1. The first-order valence-corrected chi connectivity index (χ1v) is 14.9. The van der Waals surface area contributed by atoms with E-state index in [1.54, 1.807) is 49.4 Å². The maximum absolute atomic E-state index is 14.1. The fraction of sp³-hybridized carbons (Fsp3) is 0.355. The van der Waals surface area contributed by atoms with Gasteiger partial charge in [0.25, 0.3) is 10.0 Å². The molecule has 3 rings (SSSR count). The number of ether oxygens (including phenoxy) is 1. The van der Waals surface area contributed by atoms with Crippen LogP contribution in [0.1, 0.15) is 38.3 Å². The molecule has 0 aromatic heterocycles. The van der Waals surface area contributed by atoms with Gasteiger partial charge in [0.1, 0.15) is 24.2 Å². The molecule has 3 aromatic carbocycles. The summed E-state index contributed by atoms with van der Waals surface area (Å²) in [7, 11) is -2.73. The highest BCUT2D eigenvalue weighted by Crippen LogP contribution is 2.26. The van der Waals surface area contributed by atoms with Crippen molar-refractivity contribution in [2.24, 2.45) is 5.92 Å². The molecule has 0 saturated carbocycles. The number of sulfonamides is 1. The van der Waals surface area contributed by atoms with E-state index in [1.807, 2.05) is 26.8 Å². The Morgan fingerprint density at radius 3 is 2.24 bits per heavy atom. The van der Waals surface area contributed by atoms with Crippen molar-refractivity contribution < 1.29 is 27.1 Å². The third kappa shape index (κ3) is 8.29. The molecule has 0 spiro atoms. The Bertz CT molecular complexity index is 1430. The molecule has 0 bridgehead atoms. The highest BCUT2D eigenvalue weighted by Gasteiger charge is 2.33. The second kappa shape index (κ2) is 14.1. The van der Waals surface area contributed by atoms with E-state index in [0.717, 1.165) is 27.6 Å². The Labute approximate surface area is 242 Å². The van der Waals surface area contributed by atoms with E-state index in [2.05, 4.69) is 5.32 Å². The monoisotopic (exact) mass is 583 g/mol. The molecule has 0 fully saturated rings. The number of aryl methyl sites for hydroxylation is 1. The van der Waals surface area contributed by atoms with Gasteiger partial charge in [0.05, 0.1) is 17.7 Å². The number of benzene rings is 3. The summed E-state index contributed by atoms with van der Waals surface area (Å²) in [5, 5.41) is 2.90. The van der Waals surface area contributed by atoms with Gasteiger partial charge in [0, 0.05) is 13.1 Å². The molecule has 2 amide bonds. The molecular formula is C31H38FN3O5S. The van der Waals surface area contributed by atoms with Gasteiger partial charge in [0.15, 0.2) is 0 Å². The highest BCUT2D eigenvalue weighted by molar-refractivity contribution is 7.92. The molecule has 8 nitrogen and oxygen atoms in total. The van der Waals surface area contributed by atoms with Crippen LogP contribution in [0, 0.1) is 18.7 Å². The number of hydrogen-bond donors (Lipinski definition) is 1. The number of rotatable bonds is 13. The molecule has 0 heterocycles. The van der Waals surface area contributed by atoms with Crippen LogP contribution in [0.3, 0.4) is 0 Å². The first-order chi connectivity index (χ1) is 19.5. The van der Waals surface area contributed by atoms with Crippen molar-refractivity contribution in [3.05, 3.63) is 89.7 Å². The van der Waals surface area contributed by atoms with Crippen LogP contribution in [-0.4, -0.2) is 51.4 Å². The molecular weight excluding hydrogens is 545 g/mol. The van der Waals surface area contributed by atoms with E-state index < -0.39 is 34.3 Å². The molecule has 0 aliphatic rings. The minimum atomic E-state index is -4.27. The van der Waals surface area contributed by atoms with Crippen molar-refractivity contribution in [1.82, 2.24) is 10.2 Å². The first-order valence-electron chi connectivity index (χ1n) is 13.5. The van der Waals surface area contributed by atoms with Crippen LogP contribution in [0.15, 0.2) is 77.7 Å². The van der Waals surface area contributed by atoms with Gasteiger partial charge in [-0.1, -0.05) is 50.6 Å². The van der Waals surface area contributed by atoms with Gasteiger partial charge in [-0.25, -0.2) is 12.8 Å². The highest BCUT2D eigenvalue weighted by atomic mass is 32.2. The van der Waals surface area contributed by atoms with E-state index in [-0.39, 0.29) is 29.0 Å². The number of anilines is 1. The Morgan fingerprint density at radius 1 is 1.00 bits per heavy atom. The number of carbonyl (C=O) groups is 2. The zero-order chi connectivity index (χ0) is 30.2. The Morgan fingerprint density at radius 2 is 1.66 bits per heavy atom. The summed E-state index contributed by atoms with van der Waals surface area (Å²) in [6.45, 7) is 7.54. The topological polar surface area (TPSA) is 96.0 Å². The zero-order valence-corrected chi connectivity index (χ0v) is 24.9. The number of nitrogens with zero attached hydrogens (tertiary/aromatic N) is 2. The van der Waals surface area contributed by atoms with Crippen molar-refractivity contribution in [3.63, 3.8) is 0 Å². The molecule has 3 aromatic rings. The van der Waals surface area contributed by atoms with Crippen LogP contribution >= 0.6 is 0 Å². The van der Waals surface area contributed by atoms with Crippen molar-refractivity contribution >= 4 is 27.5 Å². The molecule has 0 radical (unpaired) electrons. The summed E-state index contributed by atoms with van der Waals surface area (Å²) in [6, 6.07) is 17.5. The number of amides is 2. The Balaban J connectivity index is 2.05. The SMILES string of the molecule is CC[C@H](C(=O)NCC(C)C)N(Cc1cccc(OC)c1)C(=O)CN(c1ccc(C)cc1)S(=O)(=O)c1ccc(F)cc1. The van der Waals surface area contributed by atoms with Gasteiger partial charge in [0.2, 0.25) is 11.8 Å². The normalized spacial score (nSPS) is 12.1. The lowest BCUT2D eigenvalue weighted by Crippen LogP contribution is -2.52. The number of methoxy groups -OCH3 is 1. The number of halogens is 1.